The lowest BCUT2D eigenvalue weighted by atomic mass is 10.0. The number of halogens is 3. The minimum atomic E-state index is -4.63. The van der Waals surface area contributed by atoms with Crippen LogP contribution in [0.5, 0.6) is 0 Å². The summed E-state index contributed by atoms with van der Waals surface area (Å²) in [5, 5.41) is 12.6. The van der Waals surface area contributed by atoms with Gasteiger partial charge in [0, 0.05) is 11.8 Å². The molecule has 0 atom stereocenters. The molecule has 8 heteroatoms. The minimum Gasteiger partial charge on any atom is -0.476 e. The van der Waals surface area contributed by atoms with E-state index in [-0.39, 0.29) is 17.1 Å². The first kappa shape index (κ1) is 13.3. The molecule has 2 heterocycles. The highest BCUT2D eigenvalue weighted by Crippen LogP contribution is 2.31. The number of alkyl halides is 3. The monoisotopic (exact) mass is 273 g/mol. The molecule has 0 fully saturated rings. The molecule has 0 aromatic carbocycles. The molecular weight excluding hydrogens is 263 g/mol. The van der Waals surface area contributed by atoms with Crippen molar-refractivity contribution in [2.45, 2.75) is 25.9 Å². The van der Waals surface area contributed by atoms with Crippen molar-refractivity contribution in [1.82, 2.24) is 14.6 Å². The Morgan fingerprint density at radius 2 is 2.05 bits per heavy atom. The normalized spacial score (nSPS) is 12.3. The molecule has 2 rings (SSSR count). The zero-order chi connectivity index (χ0) is 14.4. The van der Waals surface area contributed by atoms with Gasteiger partial charge in [0.1, 0.15) is 5.69 Å². The summed E-state index contributed by atoms with van der Waals surface area (Å²) in [6.07, 6.45) is -3.63. The van der Waals surface area contributed by atoms with Crippen LogP contribution < -0.4 is 0 Å². The molecular formula is C11H10F3N3O2. The Bertz CT molecular complexity index is 646. The molecule has 0 aliphatic rings. The van der Waals surface area contributed by atoms with Crippen molar-refractivity contribution >= 4 is 11.6 Å². The first-order chi connectivity index (χ1) is 8.73. The van der Waals surface area contributed by atoms with Gasteiger partial charge in [0.05, 0.1) is 0 Å². The molecule has 0 amide bonds. The summed E-state index contributed by atoms with van der Waals surface area (Å²) in [7, 11) is 0. The van der Waals surface area contributed by atoms with Crippen molar-refractivity contribution in [2.75, 3.05) is 0 Å². The molecule has 0 saturated heterocycles. The molecule has 0 spiro atoms. The second kappa shape index (κ2) is 4.22. The summed E-state index contributed by atoms with van der Waals surface area (Å²) in [5.74, 6) is -1.68. The summed E-state index contributed by atoms with van der Waals surface area (Å²) < 4.78 is 39.0. The van der Waals surface area contributed by atoms with Crippen LogP contribution in [0.2, 0.25) is 0 Å². The number of nitrogens with zero attached hydrogens (tertiary/aromatic N) is 3. The van der Waals surface area contributed by atoms with Gasteiger partial charge >= 0.3 is 12.1 Å². The van der Waals surface area contributed by atoms with Crippen molar-refractivity contribution in [3.63, 3.8) is 0 Å². The average molecular weight is 273 g/mol. The second-order valence-electron chi connectivity index (χ2n) is 4.29. The molecule has 0 radical (unpaired) electrons. The fourth-order valence-electron chi connectivity index (χ4n) is 1.87. The highest BCUT2D eigenvalue weighted by Gasteiger charge is 2.36. The van der Waals surface area contributed by atoms with E-state index in [1.807, 2.05) is 0 Å². The van der Waals surface area contributed by atoms with E-state index in [9.17, 15) is 18.0 Å². The molecule has 0 unspecified atom stereocenters. The summed E-state index contributed by atoms with van der Waals surface area (Å²) in [6, 6.07) is 0.760. The smallest absolute Gasteiger partial charge is 0.433 e. The Labute approximate surface area is 105 Å². The van der Waals surface area contributed by atoms with E-state index in [1.54, 1.807) is 13.8 Å². The van der Waals surface area contributed by atoms with E-state index in [1.165, 1.54) is 0 Å². The van der Waals surface area contributed by atoms with Crippen LogP contribution in [0.1, 0.15) is 41.5 Å². The summed E-state index contributed by atoms with van der Waals surface area (Å²) in [5.41, 5.74) is -1.34. The van der Waals surface area contributed by atoms with E-state index >= 15 is 0 Å². The van der Waals surface area contributed by atoms with Gasteiger partial charge in [-0.15, -0.1) is 0 Å². The van der Waals surface area contributed by atoms with Gasteiger partial charge in [-0.05, 0) is 12.0 Å². The van der Waals surface area contributed by atoms with Crippen molar-refractivity contribution in [2.24, 2.45) is 0 Å². The van der Waals surface area contributed by atoms with E-state index in [4.69, 9.17) is 5.11 Å². The van der Waals surface area contributed by atoms with Gasteiger partial charge < -0.3 is 5.11 Å². The third kappa shape index (κ3) is 2.13. The molecule has 2 aromatic rings. The molecule has 5 nitrogen and oxygen atoms in total. The number of hydrogen-bond donors (Lipinski definition) is 1. The Morgan fingerprint density at radius 3 is 2.53 bits per heavy atom. The predicted molar refractivity (Wildman–Crippen MR) is 59.0 cm³/mol. The van der Waals surface area contributed by atoms with Crippen LogP contribution in [0.3, 0.4) is 0 Å². The van der Waals surface area contributed by atoms with Crippen LogP contribution in [-0.4, -0.2) is 25.7 Å². The SMILES string of the molecule is CC(C)c1c(C(=O)O)nn2c(C(F)(F)F)ccnc12. The van der Waals surface area contributed by atoms with E-state index in [0.717, 1.165) is 12.3 Å². The number of rotatable bonds is 2. The lowest BCUT2D eigenvalue weighted by Gasteiger charge is -2.08. The van der Waals surface area contributed by atoms with Crippen molar-refractivity contribution < 1.29 is 23.1 Å². The summed E-state index contributed by atoms with van der Waals surface area (Å²) >= 11 is 0. The number of aromatic carboxylic acids is 1. The highest BCUT2D eigenvalue weighted by atomic mass is 19.4. The molecule has 102 valence electrons. The van der Waals surface area contributed by atoms with E-state index < -0.39 is 23.5 Å². The molecule has 0 bridgehead atoms. The average Bonchev–Trinajstić information content (AvgIpc) is 2.66. The Morgan fingerprint density at radius 1 is 1.42 bits per heavy atom. The van der Waals surface area contributed by atoms with E-state index in [0.29, 0.717) is 4.52 Å². The van der Waals surface area contributed by atoms with Crippen LogP contribution in [0.4, 0.5) is 13.2 Å². The van der Waals surface area contributed by atoms with Gasteiger partial charge in [0.2, 0.25) is 0 Å². The fraction of sp³-hybridized carbons (Fsp3) is 0.364. The van der Waals surface area contributed by atoms with Gasteiger partial charge in [-0.3, -0.25) is 0 Å². The minimum absolute atomic E-state index is 0.0813. The Kier molecular flexibility index (Phi) is 2.95. The first-order valence-corrected chi connectivity index (χ1v) is 5.41. The zero-order valence-corrected chi connectivity index (χ0v) is 10.1. The highest BCUT2D eigenvalue weighted by molar-refractivity contribution is 5.89. The largest absolute Gasteiger partial charge is 0.476 e. The topological polar surface area (TPSA) is 67.5 Å². The van der Waals surface area contributed by atoms with Crippen molar-refractivity contribution in [3.05, 3.63) is 29.2 Å². The standard InChI is InChI=1S/C11H10F3N3O2/c1-5(2)7-8(10(18)19)16-17-6(11(12,13)14)3-4-15-9(7)17/h3-5H,1-2H3,(H,18,19). The van der Waals surface area contributed by atoms with Crippen LogP contribution in [-0.2, 0) is 6.18 Å². The summed E-state index contributed by atoms with van der Waals surface area (Å²) in [6.45, 7) is 3.34. The van der Waals surface area contributed by atoms with Crippen LogP contribution in [0.15, 0.2) is 12.3 Å². The predicted octanol–water partition coefficient (Wildman–Crippen LogP) is 2.57. The third-order valence-electron chi connectivity index (χ3n) is 2.62. The van der Waals surface area contributed by atoms with Crippen LogP contribution >= 0.6 is 0 Å². The lowest BCUT2D eigenvalue weighted by molar-refractivity contribution is -0.142. The first-order valence-electron chi connectivity index (χ1n) is 5.41. The van der Waals surface area contributed by atoms with Gasteiger partial charge in [0.15, 0.2) is 11.3 Å². The van der Waals surface area contributed by atoms with Gasteiger partial charge in [0.25, 0.3) is 0 Å². The van der Waals surface area contributed by atoms with Crippen LogP contribution in [0, 0.1) is 0 Å². The van der Waals surface area contributed by atoms with Gasteiger partial charge in [-0.1, -0.05) is 13.8 Å². The number of aromatic nitrogens is 3. The maximum absolute atomic E-state index is 12.8. The molecule has 0 saturated carbocycles. The third-order valence-corrected chi connectivity index (χ3v) is 2.62. The molecule has 2 aromatic heterocycles. The van der Waals surface area contributed by atoms with Crippen LogP contribution in [0.25, 0.3) is 5.65 Å². The molecule has 19 heavy (non-hydrogen) atoms. The molecule has 0 aliphatic heterocycles. The Balaban J connectivity index is 2.87. The zero-order valence-electron chi connectivity index (χ0n) is 10.1. The van der Waals surface area contributed by atoms with Gasteiger partial charge in [-0.2, -0.15) is 18.3 Å². The lowest BCUT2D eigenvalue weighted by Crippen LogP contribution is -2.13. The maximum atomic E-state index is 12.8. The fourth-order valence-corrected chi connectivity index (χ4v) is 1.87. The quantitative estimate of drug-likeness (QED) is 0.913. The summed E-state index contributed by atoms with van der Waals surface area (Å²) in [4.78, 5) is 14.9. The molecule has 0 aliphatic carbocycles. The molecule has 1 N–H and O–H groups in total. The number of fused-ring (bicyclic) bond motifs is 1. The van der Waals surface area contributed by atoms with Gasteiger partial charge in [-0.25, -0.2) is 14.3 Å². The second-order valence-corrected chi connectivity index (χ2v) is 4.29. The van der Waals surface area contributed by atoms with Crippen molar-refractivity contribution in [1.29, 1.82) is 0 Å². The number of carbonyl (C=O) groups is 1. The number of hydrogen-bond acceptors (Lipinski definition) is 3. The maximum Gasteiger partial charge on any atom is 0.433 e. The van der Waals surface area contributed by atoms with E-state index in [2.05, 4.69) is 10.1 Å². The van der Waals surface area contributed by atoms with Crippen molar-refractivity contribution in [3.8, 4) is 0 Å². The number of carboxylic acid groups (broad SMARTS) is 1. The Hall–Kier alpha value is -2.12. The number of carboxylic acids is 1.